The number of hydrogen-bond acceptors (Lipinski definition) is 4. The topological polar surface area (TPSA) is 43.2 Å². The van der Waals surface area contributed by atoms with Crippen molar-refractivity contribution in [2.75, 3.05) is 19.7 Å². The molecule has 1 aliphatic rings. The molecule has 1 aromatic carbocycles. The molecule has 0 bridgehead atoms. The number of likely N-dealkylation sites (tertiary alicyclic amines) is 1. The zero-order valence-corrected chi connectivity index (χ0v) is 14.9. The van der Waals surface area contributed by atoms with E-state index in [1.165, 1.54) is 5.56 Å². The summed E-state index contributed by atoms with van der Waals surface area (Å²) in [7, 11) is 2.08. The van der Waals surface area contributed by atoms with Crippen LogP contribution in [-0.2, 0) is 13.6 Å². The molecular formula is C20H24N4O. The van der Waals surface area contributed by atoms with Crippen molar-refractivity contribution < 1.29 is 4.74 Å². The van der Waals surface area contributed by atoms with Crippen LogP contribution in [0.3, 0.4) is 0 Å². The van der Waals surface area contributed by atoms with Gasteiger partial charge in [-0.1, -0.05) is 12.1 Å². The van der Waals surface area contributed by atoms with Gasteiger partial charge in [-0.3, -0.25) is 4.90 Å². The van der Waals surface area contributed by atoms with Crippen LogP contribution in [0.15, 0.2) is 42.6 Å². The van der Waals surface area contributed by atoms with Crippen LogP contribution in [0.25, 0.3) is 11.2 Å². The van der Waals surface area contributed by atoms with Gasteiger partial charge in [0.1, 0.15) is 17.1 Å². The number of rotatable bonds is 5. The number of aromatic nitrogens is 3. The summed E-state index contributed by atoms with van der Waals surface area (Å²) in [6.07, 6.45) is 2.98. The molecule has 0 aliphatic carbocycles. The first kappa shape index (κ1) is 16.1. The third kappa shape index (κ3) is 3.24. The predicted molar refractivity (Wildman–Crippen MR) is 98.8 cm³/mol. The lowest BCUT2D eigenvalue weighted by Crippen LogP contribution is -2.20. The summed E-state index contributed by atoms with van der Waals surface area (Å²) < 4.78 is 7.67. The van der Waals surface area contributed by atoms with Crippen LogP contribution < -0.4 is 4.74 Å². The minimum absolute atomic E-state index is 0.474. The summed E-state index contributed by atoms with van der Waals surface area (Å²) in [6.45, 7) is 5.85. The van der Waals surface area contributed by atoms with E-state index in [1.54, 1.807) is 0 Å². The first-order valence-corrected chi connectivity index (χ1v) is 8.96. The number of pyridine rings is 1. The lowest BCUT2D eigenvalue weighted by Gasteiger charge is -2.16. The zero-order valence-electron chi connectivity index (χ0n) is 14.9. The Morgan fingerprint density at radius 1 is 1.20 bits per heavy atom. The van der Waals surface area contributed by atoms with Crippen LogP contribution in [0, 0.1) is 0 Å². The van der Waals surface area contributed by atoms with E-state index in [4.69, 9.17) is 9.72 Å². The Balaban J connectivity index is 1.44. The highest BCUT2D eigenvalue weighted by Gasteiger charge is 2.27. The third-order valence-electron chi connectivity index (χ3n) is 4.94. The second kappa shape index (κ2) is 6.84. The highest BCUT2D eigenvalue weighted by Crippen LogP contribution is 2.29. The number of hydrogen-bond donors (Lipinski definition) is 0. The maximum absolute atomic E-state index is 5.52. The molecule has 0 radical (unpaired) electrons. The van der Waals surface area contributed by atoms with Gasteiger partial charge in [0.05, 0.1) is 6.61 Å². The van der Waals surface area contributed by atoms with Gasteiger partial charge < -0.3 is 9.30 Å². The van der Waals surface area contributed by atoms with Crippen molar-refractivity contribution in [3.8, 4) is 5.75 Å². The Morgan fingerprint density at radius 3 is 2.80 bits per heavy atom. The second-order valence-electron chi connectivity index (χ2n) is 6.67. The average Bonchev–Trinajstić information content (AvgIpc) is 3.22. The molecule has 5 heteroatoms. The van der Waals surface area contributed by atoms with Crippen molar-refractivity contribution >= 4 is 11.2 Å². The number of imidazole rings is 1. The van der Waals surface area contributed by atoms with Crippen molar-refractivity contribution in [2.24, 2.45) is 7.05 Å². The van der Waals surface area contributed by atoms with Crippen LogP contribution in [0.1, 0.15) is 30.7 Å². The maximum atomic E-state index is 5.52. The van der Waals surface area contributed by atoms with Crippen LogP contribution in [0.5, 0.6) is 5.75 Å². The quantitative estimate of drug-likeness (QED) is 0.716. The largest absolute Gasteiger partial charge is 0.494 e. The van der Waals surface area contributed by atoms with E-state index in [9.17, 15) is 0 Å². The Morgan fingerprint density at radius 2 is 2.04 bits per heavy atom. The van der Waals surface area contributed by atoms with Gasteiger partial charge in [0.25, 0.3) is 0 Å². The molecule has 1 atom stereocenters. The molecule has 2 aromatic heterocycles. The molecule has 3 heterocycles. The van der Waals surface area contributed by atoms with Gasteiger partial charge in [-0.15, -0.1) is 0 Å². The van der Waals surface area contributed by atoms with E-state index in [0.29, 0.717) is 12.5 Å². The summed E-state index contributed by atoms with van der Waals surface area (Å²) in [5, 5.41) is 0. The number of benzene rings is 1. The highest BCUT2D eigenvalue weighted by atomic mass is 16.5. The molecule has 3 aromatic rings. The van der Waals surface area contributed by atoms with Gasteiger partial charge in [0, 0.05) is 32.3 Å². The molecule has 0 spiro atoms. The smallest absolute Gasteiger partial charge is 0.159 e. The summed E-state index contributed by atoms with van der Waals surface area (Å²) in [4.78, 5) is 11.8. The molecule has 5 nitrogen and oxygen atoms in total. The molecule has 1 aliphatic heterocycles. The lowest BCUT2D eigenvalue weighted by molar-refractivity contribution is 0.323. The summed E-state index contributed by atoms with van der Waals surface area (Å²) in [5.41, 5.74) is 3.29. The first-order valence-electron chi connectivity index (χ1n) is 8.96. The molecule has 0 N–H and O–H groups in total. The van der Waals surface area contributed by atoms with E-state index in [1.807, 2.05) is 25.3 Å². The lowest BCUT2D eigenvalue weighted by atomic mass is 10.1. The van der Waals surface area contributed by atoms with E-state index < -0.39 is 0 Å². The summed E-state index contributed by atoms with van der Waals surface area (Å²) >= 11 is 0. The van der Waals surface area contributed by atoms with Crippen molar-refractivity contribution in [3.05, 3.63) is 54.0 Å². The third-order valence-corrected chi connectivity index (χ3v) is 4.94. The van der Waals surface area contributed by atoms with Crippen LogP contribution in [0.2, 0.25) is 0 Å². The standard InChI is InChI=1S/C20H24N4O/c1-3-25-17-8-6-15(7-9-17)13-24-12-10-16(14-24)19-22-18-5-4-11-21-20(18)23(19)2/h4-9,11,16H,3,10,12-14H2,1-2H3/t16-/m0/s1. The number of nitrogens with zero attached hydrogens (tertiary/aromatic N) is 4. The fraction of sp³-hybridized carbons (Fsp3) is 0.400. The zero-order chi connectivity index (χ0) is 17.2. The van der Waals surface area contributed by atoms with Crippen molar-refractivity contribution in [1.29, 1.82) is 0 Å². The molecule has 1 fully saturated rings. The number of aryl methyl sites for hydroxylation is 1. The van der Waals surface area contributed by atoms with Gasteiger partial charge in [0.2, 0.25) is 0 Å². The molecule has 1 saturated heterocycles. The van der Waals surface area contributed by atoms with Crippen LogP contribution in [-0.4, -0.2) is 39.1 Å². The van der Waals surface area contributed by atoms with Crippen LogP contribution >= 0.6 is 0 Å². The van der Waals surface area contributed by atoms with Crippen LogP contribution in [0.4, 0.5) is 0 Å². The van der Waals surface area contributed by atoms with E-state index >= 15 is 0 Å². The van der Waals surface area contributed by atoms with Crippen molar-refractivity contribution in [3.63, 3.8) is 0 Å². The van der Waals surface area contributed by atoms with Gasteiger partial charge in [-0.25, -0.2) is 9.97 Å². The van der Waals surface area contributed by atoms with Gasteiger partial charge in [0.15, 0.2) is 5.65 Å². The fourth-order valence-electron chi connectivity index (χ4n) is 3.71. The Kier molecular flexibility index (Phi) is 4.40. The van der Waals surface area contributed by atoms with E-state index in [2.05, 4.69) is 45.8 Å². The molecule has 4 rings (SSSR count). The monoisotopic (exact) mass is 336 g/mol. The Labute approximate surface area is 148 Å². The first-order chi connectivity index (χ1) is 12.2. The van der Waals surface area contributed by atoms with E-state index in [-0.39, 0.29) is 0 Å². The SMILES string of the molecule is CCOc1ccc(CN2CC[C@H](c3nc4cccnc4n3C)C2)cc1. The summed E-state index contributed by atoms with van der Waals surface area (Å²) in [5.74, 6) is 2.57. The van der Waals surface area contributed by atoms with Crippen molar-refractivity contribution in [1.82, 2.24) is 19.4 Å². The van der Waals surface area contributed by atoms with Gasteiger partial charge in [-0.2, -0.15) is 0 Å². The van der Waals surface area contributed by atoms with Crippen molar-refractivity contribution in [2.45, 2.75) is 25.8 Å². The van der Waals surface area contributed by atoms with Gasteiger partial charge >= 0.3 is 0 Å². The molecule has 0 amide bonds. The minimum Gasteiger partial charge on any atom is -0.494 e. The second-order valence-corrected chi connectivity index (χ2v) is 6.67. The maximum Gasteiger partial charge on any atom is 0.159 e. The fourth-order valence-corrected chi connectivity index (χ4v) is 3.71. The molecule has 25 heavy (non-hydrogen) atoms. The Bertz CT molecular complexity index is 856. The number of ether oxygens (including phenoxy) is 1. The predicted octanol–water partition coefficient (Wildman–Crippen LogP) is 3.36. The minimum atomic E-state index is 0.474. The molecule has 0 saturated carbocycles. The normalized spacial score (nSPS) is 18.1. The average molecular weight is 336 g/mol. The summed E-state index contributed by atoms with van der Waals surface area (Å²) in [6, 6.07) is 12.4. The van der Waals surface area contributed by atoms with Gasteiger partial charge in [-0.05, 0) is 49.7 Å². The van der Waals surface area contributed by atoms with E-state index in [0.717, 1.165) is 48.8 Å². The molecule has 130 valence electrons. The Hall–Kier alpha value is -2.40. The highest BCUT2D eigenvalue weighted by molar-refractivity contribution is 5.71. The molecule has 0 unspecified atom stereocenters. The number of fused-ring (bicyclic) bond motifs is 1. The molecular weight excluding hydrogens is 312 g/mol.